The van der Waals surface area contributed by atoms with Gasteiger partial charge >= 0.3 is 0 Å². The molecule has 0 aromatic heterocycles. The van der Waals surface area contributed by atoms with E-state index < -0.39 is 0 Å². The highest BCUT2D eigenvalue weighted by Crippen LogP contribution is 2.33. The Bertz CT molecular complexity index is 1250. The van der Waals surface area contributed by atoms with Crippen LogP contribution in [-0.4, -0.2) is 23.3 Å². The van der Waals surface area contributed by atoms with Crippen LogP contribution in [0, 0.1) is 13.8 Å². The minimum atomic E-state index is -0.282. The minimum Gasteiger partial charge on any atom is -0.350 e. The number of hydrogen-bond acceptors (Lipinski definition) is 3. The summed E-state index contributed by atoms with van der Waals surface area (Å²) >= 11 is 0. The van der Waals surface area contributed by atoms with Gasteiger partial charge in [0.05, 0.1) is 5.57 Å². The van der Waals surface area contributed by atoms with E-state index in [0.29, 0.717) is 24.2 Å². The number of carbonyl (C=O) groups is 2. The van der Waals surface area contributed by atoms with Crippen molar-refractivity contribution in [2.45, 2.75) is 46.5 Å². The number of benzene rings is 3. The summed E-state index contributed by atoms with van der Waals surface area (Å²) in [7, 11) is 0. The molecule has 0 spiro atoms. The highest BCUT2D eigenvalue weighted by molar-refractivity contribution is 6.36. The Labute approximate surface area is 202 Å². The molecule has 0 fully saturated rings. The van der Waals surface area contributed by atoms with Crippen molar-refractivity contribution in [1.29, 1.82) is 0 Å². The summed E-state index contributed by atoms with van der Waals surface area (Å²) in [5.41, 5.74) is 6.79. The van der Waals surface area contributed by atoms with Gasteiger partial charge in [-0.1, -0.05) is 87.0 Å². The molecule has 3 aromatic carbocycles. The summed E-state index contributed by atoms with van der Waals surface area (Å²) < 4.78 is 0. The minimum absolute atomic E-state index is 0.0371. The lowest BCUT2D eigenvalue weighted by atomic mass is 9.87. The number of rotatable bonds is 6. The van der Waals surface area contributed by atoms with Crippen molar-refractivity contribution in [2.75, 3.05) is 11.9 Å². The van der Waals surface area contributed by atoms with Gasteiger partial charge in [0, 0.05) is 12.2 Å². The van der Waals surface area contributed by atoms with E-state index in [1.807, 2.05) is 74.5 Å². The molecule has 0 radical (unpaired) electrons. The van der Waals surface area contributed by atoms with Crippen LogP contribution in [0.15, 0.2) is 78.5 Å². The van der Waals surface area contributed by atoms with Crippen LogP contribution in [0.4, 0.5) is 5.69 Å². The van der Waals surface area contributed by atoms with Crippen molar-refractivity contribution in [3.05, 3.63) is 106 Å². The molecule has 4 nitrogen and oxygen atoms in total. The molecular formula is C30H32N2O2. The topological polar surface area (TPSA) is 49.4 Å². The van der Waals surface area contributed by atoms with E-state index in [1.54, 1.807) is 0 Å². The second-order valence-corrected chi connectivity index (χ2v) is 10.0. The molecule has 2 amide bonds. The molecule has 0 saturated heterocycles. The van der Waals surface area contributed by atoms with Crippen LogP contribution >= 0.6 is 0 Å². The Morgan fingerprint density at radius 3 is 2.12 bits per heavy atom. The number of imide groups is 1. The first-order valence-corrected chi connectivity index (χ1v) is 11.7. The van der Waals surface area contributed by atoms with E-state index in [2.05, 4.69) is 38.2 Å². The van der Waals surface area contributed by atoms with Gasteiger partial charge in [0.2, 0.25) is 0 Å². The normalized spacial score (nSPS) is 14.2. The van der Waals surface area contributed by atoms with Gasteiger partial charge in [0.25, 0.3) is 11.8 Å². The molecule has 0 aliphatic carbocycles. The number of aryl methyl sites for hydroxylation is 2. The van der Waals surface area contributed by atoms with Crippen LogP contribution in [0.5, 0.6) is 0 Å². The smallest absolute Gasteiger partial charge is 0.278 e. The van der Waals surface area contributed by atoms with Gasteiger partial charge in [-0.05, 0) is 60.1 Å². The zero-order valence-electron chi connectivity index (χ0n) is 20.6. The molecule has 0 atom stereocenters. The zero-order chi connectivity index (χ0) is 24.5. The number of anilines is 1. The molecule has 3 aromatic rings. The predicted octanol–water partition coefficient (Wildman–Crippen LogP) is 6.04. The molecule has 1 heterocycles. The van der Waals surface area contributed by atoms with Gasteiger partial charge in [-0.3, -0.25) is 14.5 Å². The standard InChI is InChI=1S/C30H32N2O2/c1-20-11-16-25(21(2)19-20)26-27(31-24-14-12-23(13-15-24)30(3,4)5)29(34)32(28(26)33)18-17-22-9-7-6-8-10-22/h6-16,19,31H,17-18H2,1-5H3. The second kappa shape index (κ2) is 9.30. The van der Waals surface area contributed by atoms with Crippen LogP contribution in [0.1, 0.15) is 48.6 Å². The molecule has 4 heteroatoms. The van der Waals surface area contributed by atoms with Crippen molar-refractivity contribution in [3.63, 3.8) is 0 Å². The Kier molecular flexibility index (Phi) is 6.43. The predicted molar refractivity (Wildman–Crippen MR) is 138 cm³/mol. The molecule has 1 aliphatic rings. The highest BCUT2D eigenvalue weighted by Gasteiger charge is 2.39. The monoisotopic (exact) mass is 452 g/mol. The lowest BCUT2D eigenvalue weighted by Gasteiger charge is -2.19. The van der Waals surface area contributed by atoms with E-state index >= 15 is 0 Å². The van der Waals surface area contributed by atoms with Crippen LogP contribution in [-0.2, 0) is 21.4 Å². The summed E-state index contributed by atoms with van der Waals surface area (Å²) in [5.74, 6) is -0.530. The van der Waals surface area contributed by atoms with E-state index in [9.17, 15) is 9.59 Å². The van der Waals surface area contributed by atoms with Crippen LogP contribution in [0.2, 0.25) is 0 Å². The molecule has 4 rings (SSSR count). The molecule has 34 heavy (non-hydrogen) atoms. The molecule has 174 valence electrons. The summed E-state index contributed by atoms with van der Waals surface area (Å²) in [6.45, 7) is 10.8. The Morgan fingerprint density at radius 2 is 1.50 bits per heavy atom. The summed E-state index contributed by atoms with van der Waals surface area (Å²) in [6.07, 6.45) is 0.617. The van der Waals surface area contributed by atoms with E-state index in [0.717, 1.165) is 27.9 Å². The summed E-state index contributed by atoms with van der Waals surface area (Å²) in [6, 6.07) is 24.0. The van der Waals surface area contributed by atoms with E-state index in [1.165, 1.54) is 10.5 Å². The summed E-state index contributed by atoms with van der Waals surface area (Å²) in [5, 5.41) is 3.29. The summed E-state index contributed by atoms with van der Waals surface area (Å²) in [4.78, 5) is 28.5. The van der Waals surface area contributed by atoms with E-state index in [-0.39, 0.29) is 17.2 Å². The molecular weight excluding hydrogens is 420 g/mol. The maximum atomic E-state index is 13.6. The fourth-order valence-corrected chi connectivity index (χ4v) is 4.32. The molecule has 0 unspecified atom stereocenters. The molecule has 0 saturated carbocycles. The Balaban J connectivity index is 1.69. The van der Waals surface area contributed by atoms with Gasteiger partial charge in [-0.2, -0.15) is 0 Å². The number of nitrogens with one attached hydrogen (secondary N) is 1. The van der Waals surface area contributed by atoms with Gasteiger partial charge in [-0.15, -0.1) is 0 Å². The van der Waals surface area contributed by atoms with Crippen molar-refractivity contribution < 1.29 is 9.59 Å². The first kappa shape index (κ1) is 23.5. The average molecular weight is 453 g/mol. The third-order valence-electron chi connectivity index (χ3n) is 6.31. The first-order chi connectivity index (χ1) is 16.1. The van der Waals surface area contributed by atoms with E-state index in [4.69, 9.17) is 0 Å². The SMILES string of the molecule is Cc1ccc(C2=C(Nc3ccc(C(C)(C)C)cc3)C(=O)N(CCc3ccccc3)C2=O)c(C)c1. The first-order valence-electron chi connectivity index (χ1n) is 11.7. The Morgan fingerprint density at radius 1 is 0.824 bits per heavy atom. The number of nitrogens with zero attached hydrogens (tertiary/aromatic N) is 1. The van der Waals surface area contributed by atoms with Gasteiger partial charge in [-0.25, -0.2) is 0 Å². The maximum Gasteiger partial charge on any atom is 0.278 e. The fraction of sp³-hybridized carbons (Fsp3) is 0.267. The maximum absolute atomic E-state index is 13.6. The number of carbonyl (C=O) groups excluding carboxylic acids is 2. The van der Waals surface area contributed by atoms with Crippen LogP contribution in [0.3, 0.4) is 0 Å². The Hall–Kier alpha value is -3.66. The molecule has 1 aliphatic heterocycles. The van der Waals surface area contributed by atoms with Crippen molar-refractivity contribution >= 4 is 23.1 Å². The number of hydrogen-bond donors (Lipinski definition) is 1. The fourth-order valence-electron chi connectivity index (χ4n) is 4.32. The third kappa shape index (κ3) is 4.81. The lowest BCUT2D eigenvalue weighted by molar-refractivity contribution is -0.136. The van der Waals surface area contributed by atoms with Gasteiger partial charge in [0.1, 0.15) is 5.70 Å². The van der Waals surface area contributed by atoms with Gasteiger partial charge < -0.3 is 5.32 Å². The van der Waals surface area contributed by atoms with Crippen molar-refractivity contribution in [3.8, 4) is 0 Å². The lowest BCUT2D eigenvalue weighted by Crippen LogP contribution is -2.34. The average Bonchev–Trinajstić information content (AvgIpc) is 3.02. The van der Waals surface area contributed by atoms with Crippen LogP contribution < -0.4 is 5.32 Å². The molecule has 0 bridgehead atoms. The van der Waals surface area contributed by atoms with Crippen molar-refractivity contribution in [1.82, 2.24) is 4.90 Å². The molecule has 1 N–H and O–H groups in total. The quantitative estimate of drug-likeness (QED) is 0.464. The third-order valence-corrected chi connectivity index (χ3v) is 6.31. The van der Waals surface area contributed by atoms with Gasteiger partial charge in [0.15, 0.2) is 0 Å². The zero-order valence-corrected chi connectivity index (χ0v) is 20.6. The van der Waals surface area contributed by atoms with Crippen molar-refractivity contribution in [2.24, 2.45) is 0 Å². The van der Waals surface area contributed by atoms with Crippen LogP contribution in [0.25, 0.3) is 5.57 Å². The second-order valence-electron chi connectivity index (χ2n) is 10.0. The number of amides is 2. The largest absolute Gasteiger partial charge is 0.350 e. The highest BCUT2D eigenvalue weighted by atomic mass is 16.2.